The summed E-state index contributed by atoms with van der Waals surface area (Å²) in [4.78, 5) is 31.0. The van der Waals surface area contributed by atoms with E-state index in [0.29, 0.717) is 11.6 Å². The first kappa shape index (κ1) is 32.6. The molecule has 6 rings (SSSR count). The van der Waals surface area contributed by atoms with Crippen molar-refractivity contribution in [3.05, 3.63) is 107 Å². The van der Waals surface area contributed by atoms with Gasteiger partial charge in [0.1, 0.15) is 11.6 Å². The van der Waals surface area contributed by atoms with Crippen LogP contribution >= 0.6 is 0 Å². The van der Waals surface area contributed by atoms with Crippen molar-refractivity contribution in [3.63, 3.8) is 0 Å². The molecule has 4 aromatic rings. The minimum Gasteiger partial charge on any atom is -0.423 e. The first-order valence-electron chi connectivity index (χ1n) is 14.5. The molecule has 0 unspecified atom stereocenters. The molecule has 8 nitrogen and oxygen atoms in total. The van der Waals surface area contributed by atoms with Crippen LogP contribution in [0.15, 0.2) is 79.0 Å². The molecule has 3 aromatic carbocycles. The van der Waals surface area contributed by atoms with E-state index in [0.717, 1.165) is 44.3 Å². The highest BCUT2D eigenvalue weighted by molar-refractivity contribution is 6.58. The quantitative estimate of drug-likeness (QED) is 0.261. The zero-order valence-electron chi connectivity index (χ0n) is 25.0. The van der Waals surface area contributed by atoms with Crippen molar-refractivity contribution in [1.82, 2.24) is 14.8 Å². The number of aromatic nitrogens is 1. The molecule has 2 atom stereocenters. The monoisotopic (exact) mass is 602 g/mol. The van der Waals surface area contributed by atoms with E-state index in [-0.39, 0.29) is 17.7 Å². The number of likely N-dealkylation sites (N-methyl/N-ethyl adjacent to an activating group) is 1. The van der Waals surface area contributed by atoms with Crippen molar-refractivity contribution >= 4 is 40.9 Å². The van der Waals surface area contributed by atoms with E-state index in [9.17, 15) is 18.4 Å². The smallest absolute Gasteiger partial charge is 0.423 e. The summed E-state index contributed by atoms with van der Waals surface area (Å²) < 4.78 is 24.9. The maximum atomic E-state index is 12.9. The number of nitrogens with two attached hydrogens (primary N) is 1. The van der Waals surface area contributed by atoms with Crippen molar-refractivity contribution in [3.8, 4) is 0 Å². The molecule has 2 aliphatic rings. The molecule has 11 heteroatoms. The topological polar surface area (TPSA) is 123 Å². The van der Waals surface area contributed by atoms with Gasteiger partial charge >= 0.3 is 7.12 Å². The first-order valence-corrected chi connectivity index (χ1v) is 14.5. The third kappa shape index (κ3) is 7.24. The third-order valence-electron chi connectivity index (χ3n) is 7.96. The van der Waals surface area contributed by atoms with Crippen LogP contribution in [0.5, 0.6) is 0 Å². The van der Waals surface area contributed by atoms with Gasteiger partial charge in [0, 0.05) is 53.8 Å². The molecule has 0 fully saturated rings. The Bertz CT molecular complexity index is 1640. The molecule has 230 valence electrons. The van der Waals surface area contributed by atoms with E-state index in [1.165, 1.54) is 27.6 Å². The van der Waals surface area contributed by atoms with Gasteiger partial charge < -0.3 is 25.7 Å². The highest BCUT2D eigenvalue weighted by atomic mass is 19.1. The Morgan fingerprint density at radius 1 is 1.05 bits per heavy atom. The SMILES string of the molecule is CCN(CC)C(=O)[C@@H]1C=C2c3cccc4[nH]cc(c34)C[C@H]2N(C)C1.NC(=O)c1ccccc1.OB(O)c1cc(F)ccc1F. The average molecular weight is 602 g/mol. The number of nitrogens with one attached hydrogen (secondary N) is 1. The van der Waals surface area contributed by atoms with Crippen molar-refractivity contribution in [1.29, 1.82) is 0 Å². The number of halogens is 2. The van der Waals surface area contributed by atoms with Crippen LogP contribution in [0.25, 0.3) is 16.5 Å². The fraction of sp³-hybridized carbons (Fsp3) is 0.273. The minimum atomic E-state index is -1.97. The Morgan fingerprint density at radius 3 is 2.34 bits per heavy atom. The van der Waals surface area contributed by atoms with Crippen LogP contribution < -0.4 is 11.2 Å². The molecule has 44 heavy (non-hydrogen) atoms. The minimum absolute atomic E-state index is 0.0445. The molecular weight excluding hydrogens is 565 g/mol. The molecule has 0 saturated carbocycles. The van der Waals surface area contributed by atoms with Crippen LogP contribution in [0.4, 0.5) is 8.78 Å². The van der Waals surface area contributed by atoms with E-state index in [1.54, 1.807) is 24.3 Å². The number of hydrogen-bond acceptors (Lipinski definition) is 5. The summed E-state index contributed by atoms with van der Waals surface area (Å²) in [7, 11) is 0.184. The van der Waals surface area contributed by atoms with Gasteiger partial charge in [0.15, 0.2) is 0 Å². The molecule has 1 aliphatic carbocycles. The lowest BCUT2D eigenvalue weighted by molar-refractivity contribution is -0.134. The van der Waals surface area contributed by atoms with E-state index in [2.05, 4.69) is 61.3 Å². The van der Waals surface area contributed by atoms with Crippen molar-refractivity contribution < 1.29 is 28.4 Å². The Labute approximate surface area is 255 Å². The number of fused-ring (bicyclic) bond motifs is 2. The number of aromatic amines is 1. The summed E-state index contributed by atoms with van der Waals surface area (Å²) in [6.45, 7) is 6.47. The van der Waals surface area contributed by atoms with Crippen LogP contribution in [0.1, 0.15) is 35.3 Å². The third-order valence-corrected chi connectivity index (χ3v) is 7.96. The summed E-state index contributed by atoms with van der Waals surface area (Å²) >= 11 is 0. The van der Waals surface area contributed by atoms with E-state index in [1.807, 2.05) is 11.0 Å². The average Bonchev–Trinajstić information content (AvgIpc) is 3.44. The second kappa shape index (κ2) is 14.4. The van der Waals surface area contributed by atoms with E-state index in [4.69, 9.17) is 15.8 Å². The zero-order chi connectivity index (χ0) is 32.0. The normalized spacial score (nSPS) is 16.8. The Kier molecular flexibility index (Phi) is 10.7. The van der Waals surface area contributed by atoms with Gasteiger partial charge in [0.25, 0.3) is 0 Å². The van der Waals surface area contributed by atoms with Crippen LogP contribution in [0.3, 0.4) is 0 Å². The molecule has 0 spiro atoms. The molecule has 5 N–H and O–H groups in total. The van der Waals surface area contributed by atoms with Gasteiger partial charge in [-0.1, -0.05) is 36.4 Å². The predicted octanol–water partition coefficient (Wildman–Crippen LogP) is 3.34. The molecular formula is C33H37BF2N4O4. The number of primary amides is 1. The lowest BCUT2D eigenvalue weighted by Crippen LogP contribution is -2.47. The number of carbonyl (C=O) groups is 2. The van der Waals surface area contributed by atoms with E-state index >= 15 is 0 Å². The van der Waals surface area contributed by atoms with Crippen LogP contribution in [0, 0.1) is 17.6 Å². The largest absolute Gasteiger partial charge is 0.491 e. The van der Waals surface area contributed by atoms with Gasteiger partial charge in [-0.3, -0.25) is 14.5 Å². The highest BCUT2D eigenvalue weighted by Crippen LogP contribution is 2.40. The second-order valence-electron chi connectivity index (χ2n) is 10.7. The fourth-order valence-electron chi connectivity index (χ4n) is 5.69. The molecule has 2 heterocycles. The molecule has 0 bridgehead atoms. The Morgan fingerprint density at radius 2 is 1.75 bits per heavy atom. The standard InChI is InChI=1S/C20H25N3O.C7H7NO.C6H5BF2O2/c1-4-23(5-2)20(24)14-9-16-15-7-6-8-17-19(15)13(11-21-17)10-18(16)22(3)12-14;8-7(9)6-4-2-1-3-5-6;8-4-1-2-6(9)5(3-4)7(10)11/h6-9,11,14,18,21H,4-5,10,12H2,1-3H3;1-5H,(H2,8,9);1-3,10-11H/t14-,18-;;/m1../s1. The fourth-order valence-corrected chi connectivity index (χ4v) is 5.69. The Hall–Kier alpha value is -4.32. The number of nitrogens with zero attached hydrogens (tertiary/aromatic N) is 2. The van der Waals surface area contributed by atoms with Gasteiger partial charge in [-0.2, -0.15) is 0 Å². The predicted molar refractivity (Wildman–Crippen MR) is 169 cm³/mol. The lowest BCUT2D eigenvalue weighted by atomic mass is 9.79. The van der Waals surface area contributed by atoms with E-state index < -0.39 is 24.2 Å². The van der Waals surface area contributed by atoms with Crippen molar-refractivity contribution in [2.45, 2.75) is 26.3 Å². The number of H-pyrrole nitrogens is 1. The number of amides is 2. The summed E-state index contributed by atoms with van der Waals surface area (Å²) in [5.74, 6) is -1.70. The van der Waals surface area contributed by atoms with Gasteiger partial charge in [0.2, 0.25) is 11.8 Å². The summed E-state index contributed by atoms with van der Waals surface area (Å²) in [6, 6.07) is 18.1. The van der Waals surface area contributed by atoms with Gasteiger partial charge in [-0.05, 0) is 80.4 Å². The summed E-state index contributed by atoms with van der Waals surface area (Å²) in [6.07, 6.45) is 5.41. The molecule has 0 saturated heterocycles. The van der Waals surface area contributed by atoms with Gasteiger partial charge in [-0.25, -0.2) is 8.78 Å². The number of carbonyl (C=O) groups excluding carboxylic acids is 2. The van der Waals surface area contributed by atoms with Gasteiger partial charge in [0.05, 0.1) is 5.92 Å². The molecule has 2 amide bonds. The number of benzene rings is 3. The van der Waals surface area contributed by atoms with Crippen LogP contribution in [-0.2, 0) is 11.2 Å². The van der Waals surface area contributed by atoms with Gasteiger partial charge in [-0.15, -0.1) is 0 Å². The van der Waals surface area contributed by atoms with Crippen molar-refractivity contribution in [2.75, 3.05) is 26.7 Å². The lowest BCUT2D eigenvalue weighted by Gasteiger charge is -2.40. The molecule has 0 radical (unpaired) electrons. The Balaban J connectivity index is 0.000000182. The second-order valence-corrected chi connectivity index (χ2v) is 10.7. The maximum Gasteiger partial charge on any atom is 0.491 e. The number of rotatable bonds is 5. The first-order chi connectivity index (χ1) is 21.0. The van der Waals surface area contributed by atoms with Crippen LogP contribution in [-0.4, -0.2) is 76.5 Å². The maximum absolute atomic E-state index is 12.9. The van der Waals surface area contributed by atoms with Crippen LogP contribution in [0.2, 0.25) is 0 Å². The molecule has 1 aromatic heterocycles. The summed E-state index contributed by atoms with van der Waals surface area (Å²) in [5, 5.41) is 18.3. The number of hydrogen-bond donors (Lipinski definition) is 4. The summed E-state index contributed by atoms with van der Waals surface area (Å²) in [5.41, 5.74) is 10.3. The highest BCUT2D eigenvalue weighted by Gasteiger charge is 2.36. The van der Waals surface area contributed by atoms with Crippen molar-refractivity contribution in [2.24, 2.45) is 11.7 Å². The molecule has 1 aliphatic heterocycles. The zero-order valence-corrected chi connectivity index (χ0v) is 25.0.